The summed E-state index contributed by atoms with van der Waals surface area (Å²) in [5.41, 5.74) is 0. The van der Waals surface area contributed by atoms with Gasteiger partial charge >= 0.3 is 0 Å². The van der Waals surface area contributed by atoms with E-state index < -0.39 is 10.0 Å². The van der Waals surface area contributed by atoms with Crippen molar-refractivity contribution >= 4 is 21.4 Å². The minimum absolute atomic E-state index is 0.0990. The number of rotatable bonds is 4. The molecule has 1 aromatic heterocycles. The van der Waals surface area contributed by atoms with Crippen molar-refractivity contribution in [2.24, 2.45) is 5.92 Å². The van der Waals surface area contributed by atoms with E-state index in [9.17, 15) is 8.42 Å². The highest BCUT2D eigenvalue weighted by Gasteiger charge is 2.37. The lowest BCUT2D eigenvalue weighted by atomic mass is 10.0. The van der Waals surface area contributed by atoms with E-state index >= 15 is 0 Å². The molecule has 2 heterocycles. The Balaban J connectivity index is 2.39. The summed E-state index contributed by atoms with van der Waals surface area (Å²) in [6.45, 7) is 6.44. The molecule has 108 valence electrons. The van der Waals surface area contributed by atoms with Gasteiger partial charge in [0.05, 0.1) is 11.5 Å². The molecule has 1 aromatic rings. The second-order valence-corrected chi connectivity index (χ2v) is 8.56. The Morgan fingerprint density at radius 2 is 2.21 bits per heavy atom. The van der Waals surface area contributed by atoms with E-state index in [2.05, 4.69) is 13.8 Å². The van der Waals surface area contributed by atoms with Crippen LogP contribution in [0.5, 0.6) is 0 Å². The Morgan fingerprint density at radius 1 is 1.53 bits per heavy atom. The van der Waals surface area contributed by atoms with Crippen molar-refractivity contribution in [3.8, 4) is 0 Å². The van der Waals surface area contributed by atoms with E-state index in [1.54, 1.807) is 17.3 Å². The number of hydrogen-bond acceptors (Lipinski definition) is 4. The molecule has 0 radical (unpaired) electrons. The van der Waals surface area contributed by atoms with Gasteiger partial charge in [0.25, 0.3) is 0 Å². The van der Waals surface area contributed by atoms with Crippen LogP contribution in [-0.4, -0.2) is 30.4 Å². The summed E-state index contributed by atoms with van der Waals surface area (Å²) in [7, 11) is -3.42. The molecule has 1 saturated heterocycles. The number of aliphatic hydroxyl groups excluding tert-OH is 1. The second-order valence-electron chi connectivity index (χ2n) is 5.36. The molecule has 4 nitrogen and oxygen atoms in total. The molecule has 19 heavy (non-hydrogen) atoms. The third kappa shape index (κ3) is 2.72. The fourth-order valence-corrected chi connectivity index (χ4v) is 6.01. The van der Waals surface area contributed by atoms with Gasteiger partial charge in [-0.15, -0.1) is 11.3 Å². The topological polar surface area (TPSA) is 57.6 Å². The van der Waals surface area contributed by atoms with Crippen molar-refractivity contribution in [2.75, 3.05) is 6.54 Å². The lowest BCUT2D eigenvalue weighted by Crippen LogP contribution is -2.38. The highest BCUT2D eigenvalue weighted by molar-refractivity contribution is 7.89. The Morgan fingerprint density at radius 3 is 2.74 bits per heavy atom. The van der Waals surface area contributed by atoms with E-state index in [0.717, 1.165) is 17.7 Å². The first-order chi connectivity index (χ1) is 8.87. The summed E-state index contributed by atoms with van der Waals surface area (Å²) in [6, 6.07) is 1.72. The van der Waals surface area contributed by atoms with Crippen LogP contribution in [0, 0.1) is 12.8 Å². The Bertz CT molecular complexity index is 548. The monoisotopic (exact) mass is 303 g/mol. The van der Waals surface area contributed by atoms with Gasteiger partial charge in [0.1, 0.15) is 0 Å². The molecule has 0 aliphatic carbocycles. The average Bonchev–Trinajstić information content (AvgIpc) is 2.94. The van der Waals surface area contributed by atoms with E-state index in [1.165, 1.54) is 11.3 Å². The Kier molecular flexibility index (Phi) is 4.35. The minimum Gasteiger partial charge on any atom is -0.391 e. The molecular formula is C13H21NO3S2. The summed E-state index contributed by atoms with van der Waals surface area (Å²) in [5, 5.41) is 9.15. The molecule has 1 aliphatic heterocycles. The predicted molar refractivity (Wildman–Crippen MR) is 76.7 cm³/mol. The van der Waals surface area contributed by atoms with Crippen LogP contribution in [0.1, 0.15) is 36.4 Å². The van der Waals surface area contributed by atoms with Gasteiger partial charge in [0.15, 0.2) is 0 Å². The molecule has 1 N–H and O–H groups in total. The van der Waals surface area contributed by atoms with Crippen molar-refractivity contribution in [1.82, 2.24) is 4.31 Å². The molecule has 2 rings (SSSR count). The third-order valence-corrected chi connectivity index (χ3v) is 6.90. The first kappa shape index (κ1) is 15.0. The van der Waals surface area contributed by atoms with Crippen molar-refractivity contribution in [3.05, 3.63) is 15.8 Å². The van der Waals surface area contributed by atoms with Gasteiger partial charge in [0.2, 0.25) is 10.0 Å². The fourth-order valence-electron chi connectivity index (χ4n) is 2.71. The van der Waals surface area contributed by atoms with E-state index in [1.807, 2.05) is 0 Å². The quantitative estimate of drug-likeness (QED) is 0.929. The summed E-state index contributed by atoms with van der Waals surface area (Å²) in [6.07, 6.45) is 1.87. The first-order valence-electron chi connectivity index (χ1n) is 6.60. The molecular weight excluding hydrogens is 282 g/mol. The van der Waals surface area contributed by atoms with E-state index in [0.29, 0.717) is 22.2 Å². The molecule has 0 saturated carbocycles. The normalized spacial score (nSPS) is 21.4. The van der Waals surface area contributed by atoms with Crippen molar-refractivity contribution in [2.45, 2.75) is 51.2 Å². The highest BCUT2D eigenvalue weighted by Crippen LogP contribution is 2.34. The van der Waals surface area contributed by atoms with Crippen LogP contribution in [0.2, 0.25) is 0 Å². The van der Waals surface area contributed by atoms with Gasteiger partial charge in [-0.25, -0.2) is 8.42 Å². The van der Waals surface area contributed by atoms with E-state index in [4.69, 9.17) is 5.11 Å². The Labute approximate surface area is 119 Å². The van der Waals surface area contributed by atoms with Crippen LogP contribution in [0.25, 0.3) is 0 Å². The van der Waals surface area contributed by atoms with Crippen molar-refractivity contribution in [1.29, 1.82) is 0 Å². The number of thiophene rings is 1. The highest BCUT2D eigenvalue weighted by atomic mass is 32.2. The lowest BCUT2D eigenvalue weighted by molar-refractivity contribution is 0.285. The van der Waals surface area contributed by atoms with Crippen molar-refractivity contribution in [3.63, 3.8) is 0 Å². The molecule has 0 spiro atoms. The maximum atomic E-state index is 12.8. The van der Waals surface area contributed by atoms with Gasteiger partial charge < -0.3 is 5.11 Å². The first-order valence-corrected chi connectivity index (χ1v) is 8.85. The standard InChI is InChI=1S/C13H21NO3S2/c1-9(2)12-5-4-6-14(12)19(16,17)13-7-11(8-15)18-10(13)3/h7,9,12,15H,4-6,8H2,1-3H3. The largest absolute Gasteiger partial charge is 0.391 e. The molecule has 0 amide bonds. The summed E-state index contributed by atoms with van der Waals surface area (Å²) >= 11 is 1.35. The molecule has 1 unspecified atom stereocenters. The molecule has 6 heteroatoms. The second kappa shape index (κ2) is 5.52. The van der Waals surface area contributed by atoms with Gasteiger partial charge in [-0.2, -0.15) is 4.31 Å². The zero-order valence-electron chi connectivity index (χ0n) is 11.6. The number of nitrogens with zero attached hydrogens (tertiary/aromatic N) is 1. The van der Waals surface area contributed by atoms with Gasteiger partial charge in [-0.05, 0) is 31.7 Å². The number of aryl methyl sites for hydroxylation is 1. The zero-order chi connectivity index (χ0) is 14.2. The average molecular weight is 303 g/mol. The van der Waals surface area contributed by atoms with E-state index in [-0.39, 0.29) is 12.6 Å². The third-order valence-electron chi connectivity index (χ3n) is 3.68. The number of sulfonamides is 1. The van der Waals surface area contributed by atoms with Crippen LogP contribution in [-0.2, 0) is 16.6 Å². The lowest BCUT2D eigenvalue weighted by Gasteiger charge is -2.26. The molecule has 1 aliphatic rings. The van der Waals surface area contributed by atoms with Crippen LogP contribution in [0.4, 0.5) is 0 Å². The minimum atomic E-state index is -3.42. The summed E-state index contributed by atoms with van der Waals surface area (Å²) < 4.78 is 27.1. The SMILES string of the molecule is Cc1sc(CO)cc1S(=O)(=O)N1CCCC1C(C)C. The van der Waals surface area contributed by atoms with Gasteiger partial charge in [-0.3, -0.25) is 0 Å². The smallest absolute Gasteiger partial charge is 0.244 e. The van der Waals surface area contributed by atoms with Crippen molar-refractivity contribution < 1.29 is 13.5 Å². The summed E-state index contributed by atoms with van der Waals surface area (Å²) in [5.74, 6) is 0.327. The predicted octanol–water partition coefficient (Wildman–Crippen LogP) is 2.36. The molecule has 0 bridgehead atoms. The number of aliphatic hydroxyl groups is 1. The molecule has 1 atom stereocenters. The summed E-state index contributed by atoms with van der Waals surface area (Å²) in [4.78, 5) is 1.84. The van der Waals surface area contributed by atoms with Crippen LogP contribution in [0.3, 0.4) is 0 Å². The van der Waals surface area contributed by atoms with Gasteiger partial charge in [0, 0.05) is 22.3 Å². The molecule has 1 fully saturated rings. The van der Waals surface area contributed by atoms with Crippen LogP contribution in [0.15, 0.2) is 11.0 Å². The van der Waals surface area contributed by atoms with Crippen LogP contribution < -0.4 is 0 Å². The number of hydrogen-bond donors (Lipinski definition) is 1. The zero-order valence-corrected chi connectivity index (χ0v) is 13.2. The maximum absolute atomic E-state index is 12.8. The molecule has 0 aromatic carbocycles. The maximum Gasteiger partial charge on any atom is 0.244 e. The van der Waals surface area contributed by atoms with Gasteiger partial charge in [-0.1, -0.05) is 13.8 Å². The fraction of sp³-hybridized carbons (Fsp3) is 0.692. The van der Waals surface area contributed by atoms with Crippen LogP contribution >= 0.6 is 11.3 Å². The Hall–Kier alpha value is -0.430.